The Balaban J connectivity index is 2.14. The molecule has 5 atom stereocenters. The Hall–Kier alpha value is -4.31. The van der Waals surface area contributed by atoms with E-state index in [0.29, 0.717) is 11.4 Å². The molecule has 0 aliphatic carbocycles. The van der Waals surface area contributed by atoms with Crippen molar-refractivity contribution in [3.63, 3.8) is 0 Å². The quantitative estimate of drug-likeness (QED) is 0.122. The number of amides is 3. The van der Waals surface area contributed by atoms with E-state index in [9.17, 15) is 34.2 Å². The summed E-state index contributed by atoms with van der Waals surface area (Å²) in [4.78, 5) is 73.7. The molecular weight excluding hydrogens is 480 g/mol. The zero-order valence-electron chi connectivity index (χ0n) is 19.2. The number of aromatic nitrogens is 4. The second-order valence-corrected chi connectivity index (χ2v) is 7.95. The van der Waals surface area contributed by atoms with E-state index in [2.05, 4.69) is 35.9 Å². The van der Waals surface area contributed by atoms with Crippen molar-refractivity contribution >= 4 is 29.7 Å². The number of nitrogens with zero attached hydrogens (tertiary/aromatic N) is 2. The van der Waals surface area contributed by atoms with Crippen LogP contribution >= 0.6 is 0 Å². The van der Waals surface area contributed by atoms with E-state index < -0.39 is 66.4 Å². The first-order chi connectivity index (χ1) is 17.0. The summed E-state index contributed by atoms with van der Waals surface area (Å²) in [7, 11) is 0. The first-order valence-corrected chi connectivity index (χ1v) is 10.7. The highest BCUT2D eigenvalue weighted by Crippen LogP contribution is 2.04. The lowest BCUT2D eigenvalue weighted by Gasteiger charge is -2.26. The maximum Gasteiger partial charge on any atom is 0.326 e. The summed E-state index contributed by atoms with van der Waals surface area (Å²) in [5.74, 6) is -5.76. The number of aliphatic carboxylic acids is 2. The lowest BCUT2D eigenvalue weighted by molar-refractivity contribution is -0.147. The summed E-state index contributed by atoms with van der Waals surface area (Å²) in [6.45, 7) is 1.24. The van der Waals surface area contributed by atoms with E-state index in [0.717, 1.165) is 0 Å². The summed E-state index contributed by atoms with van der Waals surface area (Å²) in [5, 5.41) is 35.0. The number of rotatable bonds is 14. The van der Waals surface area contributed by atoms with E-state index in [1.807, 2.05) is 0 Å². The Morgan fingerprint density at radius 3 is 1.92 bits per heavy atom. The number of H-pyrrole nitrogens is 2. The van der Waals surface area contributed by atoms with Crippen LogP contribution in [-0.2, 0) is 36.8 Å². The van der Waals surface area contributed by atoms with Gasteiger partial charge in [-0.2, -0.15) is 0 Å². The molecule has 0 bridgehead atoms. The molecule has 2 heterocycles. The Labute approximate surface area is 204 Å². The van der Waals surface area contributed by atoms with Crippen LogP contribution in [0.4, 0.5) is 0 Å². The molecular formula is C20H28N8O8. The Kier molecular flexibility index (Phi) is 10.1. The van der Waals surface area contributed by atoms with Crippen LogP contribution in [0.3, 0.4) is 0 Å². The van der Waals surface area contributed by atoms with Gasteiger partial charge in [-0.25, -0.2) is 14.8 Å². The van der Waals surface area contributed by atoms with Crippen LogP contribution in [0.25, 0.3) is 0 Å². The number of hydrogen-bond donors (Lipinski definition) is 9. The summed E-state index contributed by atoms with van der Waals surface area (Å²) in [6, 6.07) is -5.78. The smallest absolute Gasteiger partial charge is 0.326 e. The third-order valence-electron chi connectivity index (χ3n) is 5.00. The number of carbonyl (C=O) groups excluding carboxylic acids is 3. The van der Waals surface area contributed by atoms with E-state index in [4.69, 9.17) is 10.8 Å². The molecule has 2 aromatic rings. The zero-order valence-corrected chi connectivity index (χ0v) is 19.2. The van der Waals surface area contributed by atoms with Gasteiger partial charge < -0.3 is 47.0 Å². The van der Waals surface area contributed by atoms with Crippen molar-refractivity contribution in [2.75, 3.05) is 0 Å². The lowest BCUT2D eigenvalue weighted by atomic mass is 10.1. The number of aromatic amines is 2. The average molecular weight is 508 g/mol. The predicted molar refractivity (Wildman–Crippen MR) is 120 cm³/mol. The van der Waals surface area contributed by atoms with Crippen LogP contribution in [0.2, 0.25) is 0 Å². The molecule has 5 unspecified atom stereocenters. The fourth-order valence-corrected chi connectivity index (χ4v) is 3.13. The molecule has 0 aromatic carbocycles. The molecule has 16 nitrogen and oxygen atoms in total. The molecule has 0 fully saturated rings. The number of nitrogens with one attached hydrogen (secondary N) is 5. The van der Waals surface area contributed by atoms with E-state index >= 15 is 0 Å². The van der Waals surface area contributed by atoms with Crippen LogP contribution in [0, 0.1) is 0 Å². The summed E-state index contributed by atoms with van der Waals surface area (Å²) in [6.07, 6.45) is 3.15. The van der Waals surface area contributed by atoms with Gasteiger partial charge in [-0.3, -0.25) is 19.2 Å². The molecule has 0 radical (unpaired) electrons. The van der Waals surface area contributed by atoms with Crippen molar-refractivity contribution in [2.24, 2.45) is 5.73 Å². The van der Waals surface area contributed by atoms with Gasteiger partial charge in [0.2, 0.25) is 17.7 Å². The molecule has 0 saturated carbocycles. The molecule has 2 aromatic heterocycles. The zero-order chi connectivity index (χ0) is 26.8. The molecule has 36 heavy (non-hydrogen) atoms. The van der Waals surface area contributed by atoms with Gasteiger partial charge in [-0.05, 0) is 6.92 Å². The predicted octanol–water partition coefficient (Wildman–Crippen LogP) is -3.36. The van der Waals surface area contributed by atoms with E-state index in [1.54, 1.807) is 0 Å². The highest BCUT2D eigenvalue weighted by molar-refractivity contribution is 5.95. The Bertz CT molecular complexity index is 1040. The third-order valence-corrected chi connectivity index (χ3v) is 5.00. The lowest BCUT2D eigenvalue weighted by Crippen LogP contribution is -2.60. The average Bonchev–Trinajstić information content (AvgIpc) is 3.49. The molecule has 0 spiro atoms. The van der Waals surface area contributed by atoms with Crippen molar-refractivity contribution < 1.29 is 39.3 Å². The summed E-state index contributed by atoms with van der Waals surface area (Å²) in [5.41, 5.74) is 6.83. The van der Waals surface area contributed by atoms with Crippen molar-refractivity contribution in [3.05, 3.63) is 36.4 Å². The topological polar surface area (TPSA) is 266 Å². The second kappa shape index (κ2) is 13.0. The fourth-order valence-electron chi connectivity index (χ4n) is 3.13. The van der Waals surface area contributed by atoms with Gasteiger partial charge in [0.1, 0.15) is 18.1 Å². The van der Waals surface area contributed by atoms with Gasteiger partial charge in [0.05, 0.1) is 31.2 Å². The van der Waals surface area contributed by atoms with Crippen molar-refractivity contribution in [3.8, 4) is 0 Å². The van der Waals surface area contributed by atoms with Gasteiger partial charge in [0.15, 0.2) is 0 Å². The Morgan fingerprint density at radius 1 is 0.889 bits per heavy atom. The van der Waals surface area contributed by atoms with Crippen molar-refractivity contribution in [2.45, 2.75) is 56.5 Å². The number of hydrogen-bond acceptors (Lipinski definition) is 9. The molecule has 0 saturated heterocycles. The number of carboxylic acids is 2. The minimum atomic E-state index is -1.76. The van der Waals surface area contributed by atoms with Crippen molar-refractivity contribution in [1.29, 1.82) is 0 Å². The molecule has 0 aliphatic heterocycles. The molecule has 2 rings (SSSR count). The van der Waals surface area contributed by atoms with E-state index in [-0.39, 0.29) is 12.8 Å². The first kappa shape index (κ1) is 27.9. The van der Waals surface area contributed by atoms with Crippen LogP contribution in [0.15, 0.2) is 25.0 Å². The minimum absolute atomic E-state index is 0.0744. The standard InChI is InChI=1S/C20H28N8O8/c1-9(29)16(28-17(32)12(21)2-10-5-22-7-24-10)19(34)26-13(3-11-6-23-8-25-11)18(33)27-14(20(35)36)4-15(30)31/h5-9,12-14,16,29H,2-4,21H2,1H3,(H,22,24)(H,23,25)(H,26,34)(H,27,33)(H,28,32)(H,30,31)(H,35,36). The van der Waals surface area contributed by atoms with Gasteiger partial charge in [-0.15, -0.1) is 0 Å². The SMILES string of the molecule is CC(O)C(NC(=O)C(N)Cc1cnc[nH]1)C(=O)NC(Cc1cnc[nH]1)C(=O)NC(CC(=O)O)C(=O)O. The van der Waals surface area contributed by atoms with Gasteiger partial charge >= 0.3 is 11.9 Å². The number of aliphatic hydroxyl groups excluding tert-OH is 1. The number of aliphatic hydroxyl groups is 1. The first-order valence-electron chi connectivity index (χ1n) is 10.7. The van der Waals surface area contributed by atoms with Crippen LogP contribution in [-0.4, -0.2) is 95.2 Å². The van der Waals surface area contributed by atoms with Gasteiger partial charge in [0.25, 0.3) is 0 Å². The van der Waals surface area contributed by atoms with Crippen molar-refractivity contribution in [1.82, 2.24) is 35.9 Å². The number of carbonyl (C=O) groups is 5. The number of nitrogens with two attached hydrogens (primary N) is 1. The van der Waals surface area contributed by atoms with Crippen LogP contribution in [0.5, 0.6) is 0 Å². The normalized spacial score (nSPS) is 15.1. The highest BCUT2D eigenvalue weighted by Gasteiger charge is 2.33. The van der Waals surface area contributed by atoms with Gasteiger partial charge in [0, 0.05) is 36.6 Å². The maximum absolute atomic E-state index is 12.9. The van der Waals surface area contributed by atoms with Crippen LogP contribution in [0.1, 0.15) is 24.7 Å². The second-order valence-electron chi connectivity index (χ2n) is 7.95. The number of carboxylic acid groups (broad SMARTS) is 2. The van der Waals surface area contributed by atoms with Crippen LogP contribution < -0.4 is 21.7 Å². The minimum Gasteiger partial charge on any atom is -0.481 e. The van der Waals surface area contributed by atoms with Gasteiger partial charge in [-0.1, -0.05) is 0 Å². The molecule has 196 valence electrons. The molecule has 0 aliphatic rings. The summed E-state index contributed by atoms with van der Waals surface area (Å²) >= 11 is 0. The molecule has 10 N–H and O–H groups in total. The fraction of sp³-hybridized carbons (Fsp3) is 0.450. The van der Waals surface area contributed by atoms with E-state index in [1.165, 1.54) is 32.0 Å². The third kappa shape index (κ3) is 8.48. The Morgan fingerprint density at radius 2 is 1.44 bits per heavy atom. The monoisotopic (exact) mass is 508 g/mol. The largest absolute Gasteiger partial charge is 0.481 e. The highest BCUT2D eigenvalue weighted by atomic mass is 16.4. The summed E-state index contributed by atoms with van der Waals surface area (Å²) < 4.78 is 0. The molecule has 16 heteroatoms. The number of imidazole rings is 2. The molecule has 3 amide bonds. The maximum atomic E-state index is 12.9.